The first-order chi connectivity index (χ1) is 9.36. The molecule has 0 spiro atoms. The molecule has 0 bridgehead atoms. The molecule has 1 atom stereocenters. The number of rotatable bonds is 7. The second-order valence-electron chi connectivity index (χ2n) is 4.54. The fraction of sp³-hybridized carbons (Fsp3) is 0.294. The molecule has 2 heteroatoms. The molecule has 0 saturated carbocycles. The van der Waals surface area contributed by atoms with E-state index in [-0.39, 0.29) is 5.38 Å². The van der Waals surface area contributed by atoms with Gasteiger partial charge in [0.15, 0.2) is 0 Å². The van der Waals surface area contributed by atoms with Crippen molar-refractivity contribution in [2.75, 3.05) is 6.61 Å². The number of para-hydroxylation sites is 1. The Balaban J connectivity index is 1.62. The summed E-state index contributed by atoms with van der Waals surface area (Å²) in [6.07, 6.45) is 3.10. The molecule has 0 amide bonds. The van der Waals surface area contributed by atoms with Gasteiger partial charge in [-0.05, 0) is 37.0 Å². The van der Waals surface area contributed by atoms with Crippen LogP contribution < -0.4 is 4.74 Å². The van der Waals surface area contributed by atoms with Gasteiger partial charge in [-0.25, -0.2) is 0 Å². The van der Waals surface area contributed by atoms with E-state index in [1.165, 1.54) is 5.56 Å². The van der Waals surface area contributed by atoms with E-state index in [9.17, 15) is 0 Å². The van der Waals surface area contributed by atoms with Crippen molar-refractivity contribution < 1.29 is 4.74 Å². The van der Waals surface area contributed by atoms with Crippen LogP contribution in [-0.2, 0) is 0 Å². The largest absolute Gasteiger partial charge is 0.494 e. The van der Waals surface area contributed by atoms with Gasteiger partial charge in [0.1, 0.15) is 5.75 Å². The minimum absolute atomic E-state index is 0.109. The van der Waals surface area contributed by atoms with Gasteiger partial charge in [-0.1, -0.05) is 48.5 Å². The van der Waals surface area contributed by atoms with Crippen molar-refractivity contribution in [3.8, 4) is 5.75 Å². The van der Waals surface area contributed by atoms with Crippen LogP contribution in [0.3, 0.4) is 0 Å². The molecular weight excluding hydrogens is 256 g/mol. The Labute approximate surface area is 120 Å². The highest BCUT2D eigenvalue weighted by Gasteiger charge is 2.06. The number of benzene rings is 2. The van der Waals surface area contributed by atoms with E-state index in [2.05, 4.69) is 12.1 Å². The molecule has 2 rings (SSSR count). The predicted molar refractivity (Wildman–Crippen MR) is 80.8 cm³/mol. The van der Waals surface area contributed by atoms with Crippen LogP contribution in [0.5, 0.6) is 5.75 Å². The Morgan fingerprint density at radius 1 is 0.842 bits per heavy atom. The highest BCUT2D eigenvalue weighted by atomic mass is 35.5. The van der Waals surface area contributed by atoms with Crippen LogP contribution in [0, 0.1) is 0 Å². The topological polar surface area (TPSA) is 9.23 Å². The summed E-state index contributed by atoms with van der Waals surface area (Å²) >= 11 is 6.36. The van der Waals surface area contributed by atoms with Crippen molar-refractivity contribution >= 4 is 11.6 Å². The third kappa shape index (κ3) is 4.96. The van der Waals surface area contributed by atoms with E-state index in [4.69, 9.17) is 16.3 Å². The summed E-state index contributed by atoms with van der Waals surface area (Å²) in [6, 6.07) is 20.2. The van der Waals surface area contributed by atoms with Crippen LogP contribution in [0.1, 0.15) is 30.2 Å². The van der Waals surface area contributed by atoms with Crippen molar-refractivity contribution in [1.29, 1.82) is 0 Å². The molecule has 0 aromatic heterocycles. The molecule has 19 heavy (non-hydrogen) atoms. The number of ether oxygens (including phenoxy) is 1. The van der Waals surface area contributed by atoms with E-state index in [1.807, 2.05) is 48.5 Å². The van der Waals surface area contributed by atoms with E-state index in [1.54, 1.807) is 0 Å². The Kier molecular flexibility index (Phi) is 5.77. The third-order valence-corrected chi connectivity index (χ3v) is 3.50. The van der Waals surface area contributed by atoms with Gasteiger partial charge in [-0.3, -0.25) is 0 Å². The monoisotopic (exact) mass is 274 g/mol. The summed E-state index contributed by atoms with van der Waals surface area (Å²) in [5.74, 6) is 0.938. The average molecular weight is 275 g/mol. The van der Waals surface area contributed by atoms with Gasteiger partial charge in [0.2, 0.25) is 0 Å². The summed E-state index contributed by atoms with van der Waals surface area (Å²) in [7, 11) is 0. The van der Waals surface area contributed by atoms with Gasteiger partial charge in [-0.2, -0.15) is 0 Å². The predicted octanol–water partition coefficient (Wildman–Crippen LogP) is 5.22. The zero-order valence-corrected chi connectivity index (χ0v) is 11.7. The zero-order valence-electron chi connectivity index (χ0n) is 11.0. The highest BCUT2D eigenvalue weighted by molar-refractivity contribution is 6.20. The minimum Gasteiger partial charge on any atom is -0.494 e. The lowest BCUT2D eigenvalue weighted by Gasteiger charge is -2.10. The molecular formula is C17H19ClO. The molecule has 0 aliphatic carbocycles. The first-order valence-corrected chi connectivity index (χ1v) is 7.17. The van der Waals surface area contributed by atoms with E-state index >= 15 is 0 Å². The number of halogens is 1. The van der Waals surface area contributed by atoms with Gasteiger partial charge < -0.3 is 4.74 Å². The fourth-order valence-corrected chi connectivity index (χ4v) is 2.26. The molecule has 0 radical (unpaired) electrons. The minimum atomic E-state index is 0.109. The van der Waals surface area contributed by atoms with E-state index in [0.29, 0.717) is 0 Å². The molecule has 100 valence electrons. The summed E-state index contributed by atoms with van der Waals surface area (Å²) < 4.78 is 5.65. The van der Waals surface area contributed by atoms with Crippen LogP contribution >= 0.6 is 11.6 Å². The fourth-order valence-electron chi connectivity index (χ4n) is 1.96. The van der Waals surface area contributed by atoms with Gasteiger partial charge in [0.05, 0.1) is 12.0 Å². The molecule has 0 aliphatic rings. The molecule has 1 nitrogen and oxygen atoms in total. The van der Waals surface area contributed by atoms with Gasteiger partial charge in [-0.15, -0.1) is 11.6 Å². The summed E-state index contributed by atoms with van der Waals surface area (Å²) in [4.78, 5) is 0. The molecule has 0 saturated heterocycles. The maximum atomic E-state index is 6.36. The van der Waals surface area contributed by atoms with Crippen LogP contribution in [0.15, 0.2) is 60.7 Å². The third-order valence-electron chi connectivity index (χ3n) is 3.03. The highest BCUT2D eigenvalue weighted by Crippen LogP contribution is 2.25. The van der Waals surface area contributed by atoms with E-state index < -0.39 is 0 Å². The number of hydrogen-bond acceptors (Lipinski definition) is 1. The van der Waals surface area contributed by atoms with Gasteiger partial charge in [0.25, 0.3) is 0 Å². The Hall–Kier alpha value is -1.47. The lowest BCUT2D eigenvalue weighted by molar-refractivity contribution is 0.305. The SMILES string of the molecule is ClC(CCCCOc1ccccc1)c1ccccc1. The normalized spacial score (nSPS) is 12.1. The lowest BCUT2D eigenvalue weighted by atomic mass is 10.1. The number of unbranched alkanes of at least 4 members (excludes halogenated alkanes) is 1. The van der Waals surface area contributed by atoms with E-state index in [0.717, 1.165) is 31.6 Å². The van der Waals surface area contributed by atoms with Crippen LogP contribution in [-0.4, -0.2) is 6.61 Å². The van der Waals surface area contributed by atoms with Crippen molar-refractivity contribution in [1.82, 2.24) is 0 Å². The van der Waals surface area contributed by atoms with Crippen LogP contribution in [0.2, 0.25) is 0 Å². The number of hydrogen-bond donors (Lipinski definition) is 0. The summed E-state index contributed by atoms with van der Waals surface area (Å²) in [6.45, 7) is 0.752. The lowest BCUT2D eigenvalue weighted by Crippen LogP contribution is -1.98. The first-order valence-electron chi connectivity index (χ1n) is 6.73. The molecule has 2 aromatic rings. The Morgan fingerprint density at radius 3 is 2.16 bits per heavy atom. The molecule has 0 fully saturated rings. The van der Waals surface area contributed by atoms with Gasteiger partial charge in [0, 0.05) is 0 Å². The standard InChI is InChI=1S/C17H19ClO/c18-17(15-9-3-1-4-10-15)13-7-8-14-19-16-11-5-2-6-12-16/h1-6,9-12,17H,7-8,13-14H2. The second-order valence-corrected chi connectivity index (χ2v) is 5.06. The molecule has 0 heterocycles. The summed E-state index contributed by atoms with van der Waals surface area (Å²) in [5.41, 5.74) is 1.20. The maximum Gasteiger partial charge on any atom is 0.119 e. The Bertz CT molecular complexity index is 455. The molecule has 2 aromatic carbocycles. The number of alkyl halides is 1. The van der Waals surface area contributed by atoms with Crippen LogP contribution in [0.4, 0.5) is 0 Å². The second kappa shape index (κ2) is 7.85. The van der Waals surface area contributed by atoms with Crippen molar-refractivity contribution in [2.45, 2.75) is 24.6 Å². The van der Waals surface area contributed by atoms with Gasteiger partial charge >= 0.3 is 0 Å². The quantitative estimate of drug-likeness (QED) is 0.497. The van der Waals surface area contributed by atoms with Crippen molar-refractivity contribution in [3.63, 3.8) is 0 Å². The smallest absolute Gasteiger partial charge is 0.119 e. The summed E-state index contributed by atoms with van der Waals surface area (Å²) in [5, 5.41) is 0.109. The average Bonchev–Trinajstić information content (AvgIpc) is 2.49. The van der Waals surface area contributed by atoms with Crippen molar-refractivity contribution in [2.24, 2.45) is 0 Å². The first kappa shape index (κ1) is 14.0. The Morgan fingerprint density at radius 2 is 1.47 bits per heavy atom. The van der Waals surface area contributed by atoms with Crippen LogP contribution in [0.25, 0.3) is 0 Å². The molecule has 0 N–H and O–H groups in total. The maximum absolute atomic E-state index is 6.36. The van der Waals surface area contributed by atoms with Crippen molar-refractivity contribution in [3.05, 3.63) is 66.2 Å². The molecule has 1 unspecified atom stereocenters. The zero-order chi connectivity index (χ0) is 13.3. The molecule has 0 aliphatic heterocycles.